The molecule has 0 spiro atoms. The van der Waals surface area contributed by atoms with Crippen LogP contribution in [-0.4, -0.2) is 66.8 Å². The summed E-state index contributed by atoms with van der Waals surface area (Å²) in [6.07, 6.45) is 0. The summed E-state index contributed by atoms with van der Waals surface area (Å²) >= 11 is 5.78. The molecule has 20 heavy (non-hydrogen) atoms. The molecular weight excluding hydrogens is 280 g/mol. The fraction of sp³-hybridized carbons (Fsp3) is 0.500. The molecule has 1 N–H and O–H groups in total. The Kier molecular flexibility index (Phi) is 5.64. The van der Waals surface area contributed by atoms with Gasteiger partial charge in [0.15, 0.2) is 6.61 Å². The van der Waals surface area contributed by atoms with Crippen LogP contribution >= 0.6 is 11.6 Å². The zero-order valence-electron chi connectivity index (χ0n) is 11.3. The van der Waals surface area contributed by atoms with Crippen LogP contribution in [0.2, 0.25) is 5.02 Å². The highest BCUT2D eigenvalue weighted by molar-refractivity contribution is 6.30. The molecule has 1 aliphatic heterocycles. The summed E-state index contributed by atoms with van der Waals surface area (Å²) in [4.78, 5) is 15.9. The Morgan fingerprint density at radius 1 is 1.20 bits per heavy atom. The molecule has 1 aromatic carbocycles. The van der Waals surface area contributed by atoms with Crippen LogP contribution in [0.4, 0.5) is 0 Å². The maximum atomic E-state index is 12.0. The van der Waals surface area contributed by atoms with Gasteiger partial charge in [-0.25, -0.2) is 0 Å². The maximum Gasteiger partial charge on any atom is 0.260 e. The molecule has 0 aliphatic carbocycles. The quantitative estimate of drug-likeness (QED) is 0.876. The van der Waals surface area contributed by atoms with Gasteiger partial charge in [0.25, 0.3) is 5.91 Å². The summed E-state index contributed by atoms with van der Waals surface area (Å²) in [5, 5.41) is 9.51. The third-order valence-electron chi connectivity index (χ3n) is 3.32. The Morgan fingerprint density at radius 3 is 2.45 bits per heavy atom. The van der Waals surface area contributed by atoms with Crippen LogP contribution < -0.4 is 4.74 Å². The first kappa shape index (κ1) is 15.1. The molecule has 1 fully saturated rings. The molecule has 1 heterocycles. The van der Waals surface area contributed by atoms with Gasteiger partial charge in [-0.3, -0.25) is 9.69 Å². The fourth-order valence-electron chi connectivity index (χ4n) is 2.13. The van der Waals surface area contributed by atoms with Gasteiger partial charge in [-0.05, 0) is 24.3 Å². The van der Waals surface area contributed by atoms with Crippen molar-refractivity contribution in [2.24, 2.45) is 0 Å². The molecule has 0 bridgehead atoms. The Bertz CT molecular complexity index is 431. The summed E-state index contributed by atoms with van der Waals surface area (Å²) in [6.45, 7) is 3.84. The number of aliphatic hydroxyl groups excluding tert-OH is 1. The van der Waals surface area contributed by atoms with Crippen LogP contribution in [0.15, 0.2) is 24.3 Å². The summed E-state index contributed by atoms with van der Waals surface area (Å²) in [5.41, 5.74) is 0. The average molecular weight is 299 g/mol. The molecule has 6 heteroatoms. The molecule has 1 aliphatic rings. The maximum absolute atomic E-state index is 12.0. The van der Waals surface area contributed by atoms with Crippen molar-refractivity contribution in [2.75, 3.05) is 45.9 Å². The van der Waals surface area contributed by atoms with Gasteiger partial charge in [0.1, 0.15) is 5.75 Å². The van der Waals surface area contributed by atoms with Crippen LogP contribution in [-0.2, 0) is 4.79 Å². The van der Waals surface area contributed by atoms with Crippen molar-refractivity contribution in [1.82, 2.24) is 9.80 Å². The normalized spacial score (nSPS) is 16.2. The van der Waals surface area contributed by atoms with E-state index in [1.807, 2.05) is 0 Å². The van der Waals surface area contributed by atoms with Gasteiger partial charge in [0.05, 0.1) is 6.61 Å². The number of β-amino-alcohol motifs (C(OH)–C–C–N with tert-alkyl or cyclic N) is 1. The lowest BCUT2D eigenvalue weighted by molar-refractivity contribution is -0.135. The molecule has 2 rings (SSSR count). The molecule has 1 aromatic rings. The molecule has 110 valence electrons. The van der Waals surface area contributed by atoms with Crippen LogP contribution in [0.25, 0.3) is 0 Å². The van der Waals surface area contributed by atoms with E-state index in [-0.39, 0.29) is 19.1 Å². The number of carbonyl (C=O) groups excluding carboxylic acids is 1. The van der Waals surface area contributed by atoms with Crippen molar-refractivity contribution >= 4 is 17.5 Å². The highest BCUT2D eigenvalue weighted by Gasteiger charge is 2.20. The van der Waals surface area contributed by atoms with E-state index in [4.69, 9.17) is 21.4 Å². The van der Waals surface area contributed by atoms with Crippen molar-refractivity contribution in [3.8, 4) is 5.75 Å². The number of aliphatic hydroxyl groups is 1. The van der Waals surface area contributed by atoms with E-state index in [0.717, 1.165) is 13.1 Å². The minimum Gasteiger partial charge on any atom is -0.484 e. The van der Waals surface area contributed by atoms with Crippen LogP contribution in [0.3, 0.4) is 0 Å². The standard InChI is InChI=1S/C14H19ClN2O3/c15-12-1-3-13(4-2-12)20-11-14(19)17-7-5-16(6-8-17)9-10-18/h1-4,18H,5-11H2. The summed E-state index contributed by atoms with van der Waals surface area (Å²) in [5.74, 6) is 0.630. The van der Waals surface area contributed by atoms with E-state index in [2.05, 4.69) is 4.90 Å². The number of halogens is 1. The topological polar surface area (TPSA) is 53.0 Å². The van der Waals surface area contributed by atoms with E-state index >= 15 is 0 Å². The molecule has 0 saturated carbocycles. The monoisotopic (exact) mass is 298 g/mol. The second-order valence-electron chi connectivity index (χ2n) is 4.69. The van der Waals surface area contributed by atoms with Gasteiger partial charge in [-0.1, -0.05) is 11.6 Å². The summed E-state index contributed by atoms with van der Waals surface area (Å²) in [7, 11) is 0. The zero-order valence-corrected chi connectivity index (χ0v) is 12.1. The Morgan fingerprint density at radius 2 is 1.85 bits per heavy atom. The Hall–Kier alpha value is -1.30. The van der Waals surface area contributed by atoms with Gasteiger partial charge >= 0.3 is 0 Å². The SMILES string of the molecule is O=C(COc1ccc(Cl)cc1)N1CCN(CCO)CC1. The predicted molar refractivity (Wildman–Crippen MR) is 77.1 cm³/mol. The smallest absolute Gasteiger partial charge is 0.260 e. The van der Waals surface area contributed by atoms with Crippen molar-refractivity contribution in [1.29, 1.82) is 0 Å². The molecule has 0 unspecified atom stereocenters. The highest BCUT2D eigenvalue weighted by Crippen LogP contribution is 2.15. The third-order valence-corrected chi connectivity index (χ3v) is 3.57. The summed E-state index contributed by atoms with van der Waals surface area (Å²) < 4.78 is 5.45. The molecular formula is C14H19ClN2O3. The van der Waals surface area contributed by atoms with E-state index < -0.39 is 0 Å². The number of amides is 1. The zero-order chi connectivity index (χ0) is 14.4. The molecule has 0 radical (unpaired) electrons. The second-order valence-corrected chi connectivity index (χ2v) is 5.13. The summed E-state index contributed by atoms with van der Waals surface area (Å²) in [6, 6.07) is 6.95. The average Bonchev–Trinajstić information content (AvgIpc) is 2.47. The number of hydrogen-bond donors (Lipinski definition) is 1. The predicted octanol–water partition coefficient (Wildman–Crippen LogP) is 0.855. The van der Waals surface area contributed by atoms with E-state index in [0.29, 0.717) is 30.4 Å². The number of benzene rings is 1. The lowest BCUT2D eigenvalue weighted by atomic mass is 10.3. The number of hydrogen-bond acceptors (Lipinski definition) is 4. The van der Waals surface area contributed by atoms with Gasteiger partial charge < -0.3 is 14.7 Å². The Balaban J connectivity index is 1.74. The number of ether oxygens (including phenoxy) is 1. The number of nitrogens with zero attached hydrogens (tertiary/aromatic N) is 2. The van der Waals surface area contributed by atoms with Crippen molar-refractivity contribution in [3.63, 3.8) is 0 Å². The van der Waals surface area contributed by atoms with Crippen molar-refractivity contribution in [3.05, 3.63) is 29.3 Å². The Labute approximate surface area is 123 Å². The minimum atomic E-state index is -0.0106. The number of carbonyl (C=O) groups is 1. The van der Waals surface area contributed by atoms with E-state index in [1.54, 1.807) is 29.2 Å². The first-order valence-electron chi connectivity index (χ1n) is 6.68. The van der Waals surface area contributed by atoms with E-state index in [9.17, 15) is 4.79 Å². The van der Waals surface area contributed by atoms with Gasteiger partial charge in [0.2, 0.25) is 0 Å². The van der Waals surface area contributed by atoms with Crippen molar-refractivity contribution < 1.29 is 14.6 Å². The fourth-order valence-corrected chi connectivity index (χ4v) is 2.26. The molecule has 5 nitrogen and oxygen atoms in total. The largest absolute Gasteiger partial charge is 0.484 e. The molecule has 0 atom stereocenters. The lowest BCUT2D eigenvalue weighted by Crippen LogP contribution is -2.50. The van der Waals surface area contributed by atoms with Gasteiger partial charge in [0, 0.05) is 37.7 Å². The molecule has 1 saturated heterocycles. The first-order valence-corrected chi connectivity index (χ1v) is 7.06. The highest BCUT2D eigenvalue weighted by atomic mass is 35.5. The van der Waals surface area contributed by atoms with Gasteiger partial charge in [-0.15, -0.1) is 0 Å². The van der Waals surface area contributed by atoms with Crippen molar-refractivity contribution in [2.45, 2.75) is 0 Å². The lowest BCUT2D eigenvalue weighted by Gasteiger charge is -2.34. The second kappa shape index (κ2) is 7.47. The van der Waals surface area contributed by atoms with Crippen LogP contribution in [0.5, 0.6) is 5.75 Å². The van der Waals surface area contributed by atoms with E-state index in [1.165, 1.54) is 0 Å². The minimum absolute atomic E-state index is 0.0106. The number of rotatable bonds is 5. The number of piperazine rings is 1. The first-order chi connectivity index (χ1) is 9.69. The van der Waals surface area contributed by atoms with Crippen LogP contribution in [0.1, 0.15) is 0 Å². The molecule has 1 amide bonds. The third kappa shape index (κ3) is 4.37. The van der Waals surface area contributed by atoms with Crippen LogP contribution in [0, 0.1) is 0 Å². The van der Waals surface area contributed by atoms with Gasteiger partial charge in [-0.2, -0.15) is 0 Å². The molecule has 0 aromatic heterocycles.